The van der Waals surface area contributed by atoms with Gasteiger partial charge in [-0.2, -0.15) is 0 Å². The van der Waals surface area contributed by atoms with Gasteiger partial charge >= 0.3 is 5.97 Å². The second-order valence-electron chi connectivity index (χ2n) is 4.10. The molecule has 0 aliphatic rings. The van der Waals surface area contributed by atoms with Crippen LogP contribution in [0.15, 0.2) is 34.1 Å². The molecule has 0 aliphatic carbocycles. The van der Waals surface area contributed by atoms with Crippen LogP contribution >= 0.6 is 11.8 Å². The van der Waals surface area contributed by atoms with Gasteiger partial charge in [0.05, 0.1) is 4.90 Å². The Labute approximate surface area is 111 Å². The Balaban J connectivity index is 2.95. The van der Waals surface area contributed by atoms with Gasteiger partial charge in [0, 0.05) is 4.90 Å². The number of thioether (sulfide) groups is 1. The molecule has 0 spiro atoms. The number of benzene rings is 1. The lowest BCUT2D eigenvalue weighted by Gasteiger charge is -2.18. The molecule has 18 heavy (non-hydrogen) atoms. The molecule has 100 valence electrons. The summed E-state index contributed by atoms with van der Waals surface area (Å²) in [6.45, 7) is 3.19. The molecule has 0 radical (unpaired) electrons. The predicted octanol–water partition coefficient (Wildman–Crippen LogP) is 1.55. The third-order valence-electron chi connectivity index (χ3n) is 2.29. The van der Waals surface area contributed by atoms with Gasteiger partial charge in [0.1, 0.15) is 4.75 Å². The second kappa shape index (κ2) is 5.29. The SMILES string of the molecule is CNS(=O)(=O)c1ccc(SC(C)(C)C(=O)O)cc1. The van der Waals surface area contributed by atoms with Gasteiger partial charge in [-0.05, 0) is 45.2 Å². The van der Waals surface area contributed by atoms with Crippen LogP contribution in [0.25, 0.3) is 0 Å². The molecule has 0 saturated carbocycles. The topological polar surface area (TPSA) is 83.5 Å². The van der Waals surface area contributed by atoms with E-state index in [1.54, 1.807) is 26.0 Å². The van der Waals surface area contributed by atoms with Crippen molar-refractivity contribution in [1.29, 1.82) is 0 Å². The molecular formula is C11H15NO4S2. The summed E-state index contributed by atoms with van der Waals surface area (Å²) in [6.07, 6.45) is 0. The standard InChI is InChI=1S/C11H15NO4S2/c1-11(2,10(13)14)17-8-4-6-9(7-5-8)18(15,16)12-3/h4-7,12H,1-3H3,(H,13,14). The van der Waals surface area contributed by atoms with Crippen molar-refractivity contribution in [3.05, 3.63) is 24.3 Å². The first-order valence-electron chi connectivity index (χ1n) is 5.15. The van der Waals surface area contributed by atoms with E-state index in [1.807, 2.05) is 0 Å². The lowest BCUT2D eigenvalue weighted by atomic mass is 10.2. The lowest BCUT2D eigenvalue weighted by molar-refractivity contribution is -0.138. The van der Waals surface area contributed by atoms with Gasteiger partial charge in [-0.15, -0.1) is 11.8 Å². The van der Waals surface area contributed by atoms with Crippen LogP contribution in [0.2, 0.25) is 0 Å². The highest BCUT2D eigenvalue weighted by atomic mass is 32.2. The summed E-state index contributed by atoms with van der Waals surface area (Å²) in [5, 5.41) is 9.00. The monoisotopic (exact) mass is 289 g/mol. The zero-order valence-corrected chi connectivity index (χ0v) is 11.9. The molecule has 1 rings (SSSR count). The van der Waals surface area contributed by atoms with Crippen LogP contribution in [0.5, 0.6) is 0 Å². The number of carbonyl (C=O) groups is 1. The number of carboxylic acid groups (broad SMARTS) is 1. The summed E-state index contributed by atoms with van der Waals surface area (Å²) in [5.74, 6) is -0.917. The molecule has 0 atom stereocenters. The molecule has 0 saturated heterocycles. The summed E-state index contributed by atoms with van der Waals surface area (Å²) in [6, 6.07) is 6.09. The fraction of sp³-hybridized carbons (Fsp3) is 0.364. The highest BCUT2D eigenvalue weighted by molar-refractivity contribution is 8.01. The normalized spacial score (nSPS) is 12.4. The first-order chi connectivity index (χ1) is 8.19. The van der Waals surface area contributed by atoms with Gasteiger partial charge in [-0.3, -0.25) is 4.79 Å². The molecule has 2 N–H and O–H groups in total. The Bertz CT molecular complexity index is 535. The maximum atomic E-state index is 11.5. The van der Waals surface area contributed by atoms with E-state index in [0.29, 0.717) is 4.90 Å². The van der Waals surface area contributed by atoms with E-state index in [-0.39, 0.29) is 4.90 Å². The molecule has 0 aliphatic heterocycles. The summed E-state index contributed by atoms with van der Waals surface area (Å²) >= 11 is 1.17. The summed E-state index contributed by atoms with van der Waals surface area (Å²) in [4.78, 5) is 11.8. The number of sulfonamides is 1. The molecule has 7 heteroatoms. The largest absolute Gasteiger partial charge is 0.480 e. The highest BCUT2D eigenvalue weighted by Crippen LogP contribution is 2.32. The van der Waals surface area contributed by atoms with Crippen LogP contribution in [0.1, 0.15) is 13.8 Å². The third kappa shape index (κ3) is 3.47. The van der Waals surface area contributed by atoms with Crippen LogP contribution in [0, 0.1) is 0 Å². The fourth-order valence-corrected chi connectivity index (χ4v) is 2.82. The van der Waals surface area contributed by atoms with Crippen molar-refractivity contribution in [2.45, 2.75) is 28.4 Å². The Hall–Kier alpha value is -1.05. The third-order valence-corrected chi connectivity index (χ3v) is 4.91. The molecule has 5 nitrogen and oxygen atoms in total. The molecule has 0 amide bonds. The molecule has 0 fully saturated rings. The predicted molar refractivity (Wildman–Crippen MR) is 70.3 cm³/mol. The number of hydrogen-bond donors (Lipinski definition) is 2. The fourth-order valence-electron chi connectivity index (χ4n) is 1.14. The van der Waals surface area contributed by atoms with Crippen molar-refractivity contribution in [3.63, 3.8) is 0 Å². The van der Waals surface area contributed by atoms with E-state index in [4.69, 9.17) is 5.11 Å². The summed E-state index contributed by atoms with van der Waals surface area (Å²) in [5.41, 5.74) is 0. The summed E-state index contributed by atoms with van der Waals surface area (Å²) in [7, 11) is -2.11. The smallest absolute Gasteiger partial charge is 0.319 e. The van der Waals surface area contributed by atoms with Gasteiger partial charge in [-0.25, -0.2) is 13.1 Å². The number of nitrogens with one attached hydrogen (secondary N) is 1. The number of aliphatic carboxylic acids is 1. The lowest BCUT2D eigenvalue weighted by Crippen LogP contribution is -2.26. The van der Waals surface area contributed by atoms with Gasteiger partial charge in [0.2, 0.25) is 10.0 Å². The average molecular weight is 289 g/mol. The van der Waals surface area contributed by atoms with Gasteiger partial charge in [0.15, 0.2) is 0 Å². The summed E-state index contributed by atoms with van der Waals surface area (Å²) < 4.78 is 24.2. The number of hydrogen-bond acceptors (Lipinski definition) is 4. The maximum Gasteiger partial charge on any atom is 0.319 e. The van der Waals surface area contributed by atoms with E-state index in [2.05, 4.69) is 4.72 Å². The molecule has 0 unspecified atom stereocenters. The van der Waals surface area contributed by atoms with E-state index in [0.717, 1.165) is 0 Å². The van der Waals surface area contributed by atoms with E-state index in [1.165, 1.54) is 30.9 Å². The molecule has 0 bridgehead atoms. The minimum Gasteiger partial charge on any atom is -0.480 e. The quantitative estimate of drug-likeness (QED) is 0.804. The molecular weight excluding hydrogens is 274 g/mol. The van der Waals surface area contributed by atoms with Crippen molar-refractivity contribution in [2.75, 3.05) is 7.05 Å². The van der Waals surface area contributed by atoms with Crippen molar-refractivity contribution in [3.8, 4) is 0 Å². The Morgan fingerprint density at radius 3 is 2.17 bits per heavy atom. The average Bonchev–Trinajstić information content (AvgIpc) is 2.29. The van der Waals surface area contributed by atoms with Crippen molar-refractivity contribution in [1.82, 2.24) is 4.72 Å². The first-order valence-corrected chi connectivity index (χ1v) is 7.45. The van der Waals surface area contributed by atoms with Gasteiger partial charge in [0.25, 0.3) is 0 Å². The molecule has 1 aromatic rings. The highest BCUT2D eigenvalue weighted by Gasteiger charge is 2.28. The molecule has 0 heterocycles. The molecule has 1 aromatic carbocycles. The zero-order valence-electron chi connectivity index (χ0n) is 10.3. The number of carboxylic acids is 1. The Kier molecular flexibility index (Phi) is 4.41. The van der Waals surface area contributed by atoms with Crippen molar-refractivity contribution >= 4 is 27.8 Å². The van der Waals surface area contributed by atoms with Crippen LogP contribution in [0.4, 0.5) is 0 Å². The van der Waals surface area contributed by atoms with Crippen LogP contribution in [-0.2, 0) is 14.8 Å². The first kappa shape index (κ1) is 15.0. The van der Waals surface area contributed by atoms with Crippen LogP contribution < -0.4 is 4.72 Å². The van der Waals surface area contributed by atoms with Crippen molar-refractivity contribution in [2.24, 2.45) is 0 Å². The minimum atomic E-state index is -3.45. The van der Waals surface area contributed by atoms with E-state index < -0.39 is 20.7 Å². The minimum absolute atomic E-state index is 0.155. The Morgan fingerprint density at radius 1 is 1.28 bits per heavy atom. The van der Waals surface area contributed by atoms with Crippen LogP contribution in [0.3, 0.4) is 0 Å². The van der Waals surface area contributed by atoms with Gasteiger partial charge in [-0.1, -0.05) is 0 Å². The van der Waals surface area contributed by atoms with E-state index >= 15 is 0 Å². The maximum absolute atomic E-state index is 11.5. The second-order valence-corrected chi connectivity index (χ2v) is 7.68. The number of rotatable bonds is 5. The van der Waals surface area contributed by atoms with Crippen LogP contribution in [-0.4, -0.2) is 31.3 Å². The van der Waals surface area contributed by atoms with Crippen molar-refractivity contribution < 1.29 is 18.3 Å². The van der Waals surface area contributed by atoms with Gasteiger partial charge < -0.3 is 5.11 Å². The molecule has 0 aromatic heterocycles. The van der Waals surface area contributed by atoms with E-state index in [9.17, 15) is 13.2 Å². The zero-order chi connectivity index (χ0) is 14.0. The Morgan fingerprint density at radius 2 is 1.78 bits per heavy atom.